The Labute approximate surface area is 89.2 Å². The largest absolute Gasteiger partial charge is 0.348 e. The topological polar surface area (TPSA) is 57.0 Å². The van der Waals surface area contributed by atoms with Gasteiger partial charge in [-0.15, -0.1) is 0 Å². The summed E-state index contributed by atoms with van der Waals surface area (Å²) in [4.78, 5) is 16.9. The van der Waals surface area contributed by atoms with Gasteiger partial charge in [0.15, 0.2) is 0 Å². The minimum absolute atomic E-state index is 0.158. The summed E-state index contributed by atoms with van der Waals surface area (Å²) in [6, 6.07) is 5.65. The average molecular weight is 203 g/mol. The van der Waals surface area contributed by atoms with E-state index in [-0.39, 0.29) is 5.91 Å². The molecule has 4 heteroatoms. The van der Waals surface area contributed by atoms with Crippen LogP contribution >= 0.6 is 0 Å². The first-order valence-electron chi connectivity index (χ1n) is 4.65. The van der Waals surface area contributed by atoms with Crippen LogP contribution in [-0.4, -0.2) is 29.9 Å². The van der Waals surface area contributed by atoms with E-state index in [9.17, 15) is 4.79 Å². The summed E-state index contributed by atoms with van der Waals surface area (Å²) in [5.74, 6) is -0.767. The number of pyridine rings is 1. The van der Waals surface area contributed by atoms with Crippen molar-refractivity contribution in [3.8, 4) is 6.07 Å². The summed E-state index contributed by atoms with van der Waals surface area (Å²) in [6.07, 6.45) is 3.75. The van der Waals surface area contributed by atoms with Gasteiger partial charge in [0.2, 0.25) is 5.91 Å². The molecule has 1 unspecified atom stereocenters. The van der Waals surface area contributed by atoms with Crippen LogP contribution in [0.1, 0.15) is 5.56 Å². The summed E-state index contributed by atoms with van der Waals surface area (Å²) < 4.78 is 0. The van der Waals surface area contributed by atoms with Crippen LogP contribution in [-0.2, 0) is 11.2 Å². The molecule has 1 aromatic heterocycles. The zero-order valence-corrected chi connectivity index (χ0v) is 8.84. The van der Waals surface area contributed by atoms with Gasteiger partial charge in [0, 0.05) is 26.5 Å². The third-order valence-electron chi connectivity index (χ3n) is 2.08. The predicted molar refractivity (Wildman–Crippen MR) is 55.7 cm³/mol. The summed E-state index contributed by atoms with van der Waals surface area (Å²) in [7, 11) is 3.30. The lowest BCUT2D eigenvalue weighted by atomic mass is 10.0. The van der Waals surface area contributed by atoms with Crippen molar-refractivity contribution >= 4 is 5.91 Å². The van der Waals surface area contributed by atoms with Gasteiger partial charge >= 0.3 is 0 Å². The SMILES string of the molecule is CN(C)C(=O)C(C#N)Cc1ccncc1. The van der Waals surface area contributed by atoms with E-state index < -0.39 is 5.92 Å². The van der Waals surface area contributed by atoms with Crippen LogP contribution in [0.25, 0.3) is 0 Å². The van der Waals surface area contributed by atoms with Crippen molar-refractivity contribution < 1.29 is 4.79 Å². The van der Waals surface area contributed by atoms with E-state index in [1.54, 1.807) is 26.5 Å². The first-order valence-corrected chi connectivity index (χ1v) is 4.65. The second-order valence-electron chi connectivity index (χ2n) is 3.47. The molecule has 0 saturated carbocycles. The number of amides is 1. The molecular formula is C11H13N3O. The van der Waals surface area contributed by atoms with Crippen LogP contribution in [0.15, 0.2) is 24.5 Å². The van der Waals surface area contributed by atoms with Crippen LogP contribution in [0.3, 0.4) is 0 Å². The van der Waals surface area contributed by atoms with Crippen LogP contribution in [0, 0.1) is 17.2 Å². The number of hydrogen-bond acceptors (Lipinski definition) is 3. The highest BCUT2D eigenvalue weighted by Crippen LogP contribution is 2.09. The van der Waals surface area contributed by atoms with Gasteiger partial charge in [-0.3, -0.25) is 9.78 Å². The Balaban J connectivity index is 2.72. The number of rotatable bonds is 3. The molecule has 0 saturated heterocycles. The van der Waals surface area contributed by atoms with Crippen LogP contribution in [0.4, 0.5) is 0 Å². The number of nitriles is 1. The van der Waals surface area contributed by atoms with Gasteiger partial charge in [0.05, 0.1) is 6.07 Å². The first kappa shape index (κ1) is 11.2. The summed E-state index contributed by atoms with van der Waals surface area (Å²) in [5.41, 5.74) is 0.951. The molecule has 0 fully saturated rings. The quantitative estimate of drug-likeness (QED) is 0.731. The van der Waals surface area contributed by atoms with E-state index in [2.05, 4.69) is 4.98 Å². The highest BCUT2D eigenvalue weighted by molar-refractivity contribution is 5.81. The Hall–Kier alpha value is -1.89. The summed E-state index contributed by atoms with van der Waals surface area (Å²) >= 11 is 0. The molecule has 0 bridgehead atoms. The van der Waals surface area contributed by atoms with Gasteiger partial charge < -0.3 is 4.90 Å². The van der Waals surface area contributed by atoms with Gasteiger partial charge in [-0.25, -0.2) is 0 Å². The Bertz CT molecular complexity index is 367. The molecule has 0 aliphatic carbocycles. The van der Waals surface area contributed by atoms with Crippen molar-refractivity contribution in [2.24, 2.45) is 5.92 Å². The van der Waals surface area contributed by atoms with Crippen LogP contribution in [0.5, 0.6) is 0 Å². The number of carbonyl (C=O) groups excluding carboxylic acids is 1. The lowest BCUT2D eigenvalue weighted by molar-refractivity contribution is -0.131. The van der Waals surface area contributed by atoms with Crippen molar-refractivity contribution in [1.82, 2.24) is 9.88 Å². The predicted octanol–water partition coefficient (Wildman–Crippen LogP) is 0.852. The lowest BCUT2D eigenvalue weighted by Crippen LogP contribution is -2.30. The second kappa shape index (κ2) is 5.11. The lowest BCUT2D eigenvalue weighted by Gasteiger charge is -2.14. The van der Waals surface area contributed by atoms with Gasteiger partial charge in [0.25, 0.3) is 0 Å². The van der Waals surface area contributed by atoms with Crippen molar-refractivity contribution in [3.63, 3.8) is 0 Å². The molecule has 1 aromatic rings. The van der Waals surface area contributed by atoms with Crippen LogP contribution in [0.2, 0.25) is 0 Å². The first-order chi connectivity index (χ1) is 7.15. The highest BCUT2D eigenvalue weighted by Gasteiger charge is 2.19. The monoisotopic (exact) mass is 203 g/mol. The fourth-order valence-corrected chi connectivity index (χ4v) is 1.25. The van der Waals surface area contributed by atoms with E-state index in [1.165, 1.54) is 4.90 Å². The second-order valence-corrected chi connectivity index (χ2v) is 3.47. The van der Waals surface area contributed by atoms with Gasteiger partial charge in [-0.2, -0.15) is 5.26 Å². The smallest absolute Gasteiger partial charge is 0.239 e. The average Bonchev–Trinajstić information content (AvgIpc) is 2.26. The normalized spacial score (nSPS) is 11.5. The Morgan fingerprint density at radius 1 is 1.53 bits per heavy atom. The fourth-order valence-electron chi connectivity index (χ4n) is 1.25. The molecule has 1 heterocycles. The van der Waals surface area contributed by atoms with Crippen LogP contribution < -0.4 is 0 Å². The molecule has 1 amide bonds. The molecule has 0 N–H and O–H groups in total. The van der Waals surface area contributed by atoms with Crippen molar-refractivity contribution in [1.29, 1.82) is 5.26 Å². The van der Waals surface area contributed by atoms with Gasteiger partial charge in [-0.05, 0) is 24.1 Å². The Morgan fingerprint density at radius 3 is 2.60 bits per heavy atom. The Kier molecular flexibility index (Phi) is 3.81. The fraction of sp³-hybridized carbons (Fsp3) is 0.364. The molecule has 0 radical (unpaired) electrons. The maximum absolute atomic E-state index is 11.6. The summed E-state index contributed by atoms with van der Waals surface area (Å²) in [5, 5.41) is 8.89. The van der Waals surface area contributed by atoms with E-state index in [0.717, 1.165) is 5.56 Å². The number of aromatic nitrogens is 1. The highest BCUT2D eigenvalue weighted by atomic mass is 16.2. The van der Waals surface area contributed by atoms with Gasteiger partial charge in [0.1, 0.15) is 5.92 Å². The molecule has 1 atom stereocenters. The third kappa shape index (κ3) is 3.06. The number of carbonyl (C=O) groups is 1. The standard InChI is InChI=1S/C11H13N3O/c1-14(2)11(15)10(8-12)7-9-3-5-13-6-4-9/h3-6,10H,7H2,1-2H3. The van der Waals surface area contributed by atoms with E-state index >= 15 is 0 Å². The maximum Gasteiger partial charge on any atom is 0.239 e. The van der Waals surface area contributed by atoms with Crippen molar-refractivity contribution in [2.45, 2.75) is 6.42 Å². The van der Waals surface area contributed by atoms with Crippen molar-refractivity contribution in [3.05, 3.63) is 30.1 Å². The third-order valence-corrected chi connectivity index (χ3v) is 2.08. The number of nitrogens with zero attached hydrogens (tertiary/aromatic N) is 3. The molecule has 78 valence electrons. The van der Waals surface area contributed by atoms with Gasteiger partial charge in [-0.1, -0.05) is 0 Å². The molecule has 0 aromatic carbocycles. The van der Waals surface area contributed by atoms with E-state index in [1.807, 2.05) is 18.2 Å². The minimum Gasteiger partial charge on any atom is -0.348 e. The molecule has 0 spiro atoms. The number of hydrogen-bond donors (Lipinski definition) is 0. The summed E-state index contributed by atoms with van der Waals surface area (Å²) in [6.45, 7) is 0. The molecule has 1 rings (SSSR count). The molecule has 4 nitrogen and oxygen atoms in total. The van der Waals surface area contributed by atoms with E-state index in [0.29, 0.717) is 6.42 Å². The minimum atomic E-state index is -0.609. The zero-order chi connectivity index (χ0) is 11.3. The Morgan fingerprint density at radius 2 is 2.13 bits per heavy atom. The van der Waals surface area contributed by atoms with E-state index in [4.69, 9.17) is 5.26 Å². The zero-order valence-electron chi connectivity index (χ0n) is 8.84. The molecule has 0 aliphatic rings. The molecule has 0 aliphatic heterocycles. The van der Waals surface area contributed by atoms with Crippen molar-refractivity contribution in [2.75, 3.05) is 14.1 Å². The maximum atomic E-state index is 11.6. The molecule has 15 heavy (non-hydrogen) atoms. The molecular weight excluding hydrogens is 190 g/mol.